The molecule has 3 atom stereocenters. The molecule has 174 valence electrons. The number of fused-ring (bicyclic) bond motifs is 1. The highest BCUT2D eigenvalue weighted by Gasteiger charge is 2.52. The van der Waals surface area contributed by atoms with Crippen molar-refractivity contribution in [2.24, 2.45) is 11.3 Å². The molecular weight excluding hydrogens is 410 g/mol. The van der Waals surface area contributed by atoms with Crippen LogP contribution < -0.4 is 5.32 Å². The maximum atomic E-state index is 13.6. The standard InChI is InChI=1S/C23H33N5O4/c1-2-27-8-6-17-14-18(28-9-12-30-13-10-28)5-7-23(17,16-27)22(29)24-15-20-25-21(32-26-20)19-4-3-11-31-19/h3-4,11,17-18H,2,5-10,12-16H2,1H3,(H,24,29)/t17-,18+,23-/m1/s1. The summed E-state index contributed by atoms with van der Waals surface area (Å²) in [6.07, 6.45) is 5.72. The van der Waals surface area contributed by atoms with Gasteiger partial charge in [-0.2, -0.15) is 4.98 Å². The largest absolute Gasteiger partial charge is 0.459 e. The highest BCUT2D eigenvalue weighted by molar-refractivity contribution is 5.83. The minimum atomic E-state index is -0.343. The van der Waals surface area contributed by atoms with Gasteiger partial charge in [0.2, 0.25) is 5.91 Å². The molecule has 2 aromatic heterocycles. The lowest BCUT2D eigenvalue weighted by atomic mass is 9.61. The van der Waals surface area contributed by atoms with Crippen LogP contribution in [-0.2, 0) is 16.1 Å². The Labute approximate surface area is 188 Å². The Morgan fingerprint density at radius 1 is 1.28 bits per heavy atom. The normalized spacial score (nSPS) is 29.5. The fourth-order valence-electron chi connectivity index (χ4n) is 5.80. The lowest BCUT2D eigenvalue weighted by Crippen LogP contribution is -2.60. The number of nitrogens with one attached hydrogen (secondary N) is 1. The van der Waals surface area contributed by atoms with E-state index in [1.165, 1.54) is 0 Å². The fourth-order valence-corrected chi connectivity index (χ4v) is 5.80. The summed E-state index contributed by atoms with van der Waals surface area (Å²) in [5.74, 6) is 1.85. The molecule has 2 aromatic rings. The van der Waals surface area contributed by atoms with Crippen molar-refractivity contribution >= 4 is 5.91 Å². The zero-order valence-electron chi connectivity index (χ0n) is 18.8. The average Bonchev–Trinajstić information content (AvgIpc) is 3.54. The predicted molar refractivity (Wildman–Crippen MR) is 117 cm³/mol. The van der Waals surface area contributed by atoms with Gasteiger partial charge in [-0.3, -0.25) is 9.69 Å². The quantitative estimate of drug-likeness (QED) is 0.726. The molecule has 2 aliphatic heterocycles. The molecule has 5 rings (SSSR count). The number of ether oxygens (including phenoxy) is 1. The molecule has 3 fully saturated rings. The van der Waals surface area contributed by atoms with Gasteiger partial charge in [-0.1, -0.05) is 12.1 Å². The highest BCUT2D eigenvalue weighted by atomic mass is 16.5. The van der Waals surface area contributed by atoms with Crippen molar-refractivity contribution in [3.8, 4) is 11.7 Å². The number of carbonyl (C=O) groups excluding carboxylic acids is 1. The Kier molecular flexibility index (Phi) is 6.30. The van der Waals surface area contributed by atoms with Crippen LogP contribution in [0.4, 0.5) is 0 Å². The number of nitrogens with zero attached hydrogens (tertiary/aromatic N) is 4. The predicted octanol–water partition coefficient (Wildman–Crippen LogP) is 2.16. The molecule has 0 aromatic carbocycles. The molecule has 0 radical (unpaired) electrons. The molecule has 1 aliphatic carbocycles. The number of furan rings is 1. The van der Waals surface area contributed by atoms with Crippen molar-refractivity contribution in [3.63, 3.8) is 0 Å². The van der Waals surface area contributed by atoms with E-state index in [1.54, 1.807) is 18.4 Å². The zero-order chi connectivity index (χ0) is 22.0. The summed E-state index contributed by atoms with van der Waals surface area (Å²) >= 11 is 0. The van der Waals surface area contributed by atoms with Gasteiger partial charge in [0.25, 0.3) is 5.89 Å². The van der Waals surface area contributed by atoms with Gasteiger partial charge < -0.3 is 23.9 Å². The summed E-state index contributed by atoms with van der Waals surface area (Å²) in [7, 11) is 0. The molecule has 9 nitrogen and oxygen atoms in total. The Morgan fingerprint density at radius 3 is 2.94 bits per heavy atom. The van der Waals surface area contributed by atoms with Crippen molar-refractivity contribution < 1.29 is 18.5 Å². The van der Waals surface area contributed by atoms with E-state index in [0.717, 1.165) is 71.6 Å². The average molecular weight is 444 g/mol. The number of likely N-dealkylation sites (tertiary alicyclic amines) is 1. The van der Waals surface area contributed by atoms with Crippen LogP contribution in [-0.4, -0.2) is 77.8 Å². The molecular formula is C23H33N5O4. The van der Waals surface area contributed by atoms with E-state index in [1.807, 2.05) is 0 Å². The van der Waals surface area contributed by atoms with E-state index in [-0.39, 0.29) is 17.9 Å². The first-order chi connectivity index (χ1) is 15.7. The molecule has 1 saturated carbocycles. The third-order valence-electron chi connectivity index (χ3n) is 7.63. The Bertz CT molecular complexity index is 894. The number of rotatable bonds is 6. The van der Waals surface area contributed by atoms with Crippen molar-refractivity contribution in [3.05, 3.63) is 24.2 Å². The maximum absolute atomic E-state index is 13.6. The molecule has 1 N–H and O–H groups in total. The maximum Gasteiger partial charge on any atom is 0.293 e. The molecule has 0 bridgehead atoms. The second-order valence-electron chi connectivity index (χ2n) is 9.26. The summed E-state index contributed by atoms with van der Waals surface area (Å²) in [4.78, 5) is 23.0. The summed E-state index contributed by atoms with van der Waals surface area (Å²) in [6.45, 7) is 8.98. The number of carbonyl (C=O) groups is 1. The summed E-state index contributed by atoms with van der Waals surface area (Å²) in [5, 5.41) is 7.15. The second-order valence-corrected chi connectivity index (χ2v) is 9.26. The number of hydrogen-bond acceptors (Lipinski definition) is 8. The Hall–Kier alpha value is -2.23. The molecule has 9 heteroatoms. The Morgan fingerprint density at radius 2 is 2.16 bits per heavy atom. The molecule has 0 unspecified atom stereocenters. The first kappa shape index (κ1) is 21.6. The van der Waals surface area contributed by atoms with Crippen molar-refractivity contribution in [1.29, 1.82) is 0 Å². The first-order valence-corrected chi connectivity index (χ1v) is 11.9. The third-order valence-corrected chi connectivity index (χ3v) is 7.63. The highest BCUT2D eigenvalue weighted by Crippen LogP contribution is 2.47. The van der Waals surface area contributed by atoms with Crippen LogP contribution in [0.1, 0.15) is 38.4 Å². The summed E-state index contributed by atoms with van der Waals surface area (Å²) in [5.41, 5.74) is -0.343. The number of morpholine rings is 1. The van der Waals surface area contributed by atoms with E-state index in [4.69, 9.17) is 13.7 Å². The van der Waals surface area contributed by atoms with E-state index in [2.05, 4.69) is 32.2 Å². The smallest absolute Gasteiger partial charge is 0.293 e. The third kappa shape index (κ3) is 4.21. The van der Waals surface area contributed by atoms with E-state index < -0.39 is 0 Å². The van der Waals surface area contributed by atoms with Gasteiger partial charge in [0.1, 0.15) is 0 Å². The van der Waals surface area contributed by atoms with Crippen molar-refractivity contribution in [2.45, 2.75) is 45.2 Å². The number of piperidine rings is 1. The van der Waals surface area contributed by atoms with Gasteiger partial charge in [0, 0.05) is 25.7 Å². The number of amides is 1. The fraction of sp³-hybridized carbons (Fsp3) is 0.696. The van der Waals surface area contributed by atoms with E-state index >= 15 is 0 Å². The van der Waals surface area contributed by atoms with Crippen LogP contribution in [0.25, 0.3) is 11.7 Å². The van der Waals surface area contributed by atoms with E-state index in [0.29, 0.717) is 29.4 Å². The molecule has 0 spiro atoms. The van der Waals surface area contributed by atoms with E-state index in [9.17, 15) is 4.79 Å². The SMILES string of the molecule is CCN1CC[C@@H]2C[C@@H](N3CCOCC3)CC[C@@]2(C(=O)NCc2noc(-c3ccco3)n2)C1. The zero-order valence-corrected chi connectivity index (χ0v) is 18.8. The number of aromatic nitrogens is 2. The van der Waals surface area contributed by atoms with Crippen LogP contribution in [0.15, 0.2) is 27.3 Å². The van der Waals surface area contributed by atoms with Crippen molar-refractivity contribution in [2.75, 3.05) is 45.9 Å². The molecule has 4 heterocycles. The molecule has 1 amide bonds. The topological polar surface area (TPSA) is 96.9 Å². The van der Waals surface area contributed by atoms with Crippen LogP contribution in [0.2, 0.25) is 0 Å². The molecule has 2 saturated heterocycles. The number of hydrogen-bond donors (Lipinski definition) is 1. The van der Waals surface area contributed by atoms with Crippen LogP contribution in [0.5, 0.6) is 0 Å². The minimum absolute atomic E-state index is 0.130. The van der Waals surface area contributed by atoms with Gasteiger partial charge in [-0.15, -0.1) is 0 Å². The monoisotopic (exact) mass is 443 g/mol. The first-order valence-electron chi connectivity index (χ1n) is 11.9. The van der Waals surface area contributed by atoms with Gasteiger partial charge in [-0.25, -0.2) is 0 Å². The van der Waals surface area contributed by atoms with Crippen LogP contribution in [0.3, 0.4) is 0 Å². The Balaban J connectivity index is 1.27. The van der Waals surface area contributed by atoms with Crippen molar-refractivity contribution in [1.82, 2.24) is 25.3 Å². The van der Waals surface area contributed by atoms with Gasteiger partial charge in [-0.05, 0) is 56.8 Å². The van der Waals surface area contributed by atoms with Crippen LogP contribution in [0, 0.1) is 11.3 Å². The summed E-state index contributed by atoms with van der Waals surface area (Å²) in [6, 6.07) is 4.11. The molecule has 3 aliphatic rings. The minimum Gasteiger partial charge on any atom is -0.459 e. The summed E-state index contributed by atoms with van der Waals surface area (Å²) < 4.78 is 16.1. The lowest BCUT2D eigenvalue weighted by Gasteiger charge is -2.53. The second kappa shape index (κ2) is 9.33. The van der Waals surface area contributed by atoms with Gasteiger partial charge >= 0.3 is 0 Å². The molecule has 32 heavy (non-hydrogen) atoms. The van der Waals surface area contributed by atoms with Gasteiger partial charge in [0.15, 0.2) is 11.6 Å². The van der Waals surface area contributed by atoms with Gasteiger partial charge in [0.05, 0.1) is 31.4 Å². The lowest BCUT2D eigenvalue weighted by molar-refractivity contribution is -0.145. The van der Waals surface area contributed by atoms with Crippen LogP contribution >= 0.6 is 0 Å².